The Balaban J connectivity index is 1.70. The third-order valence-electron chi connectivity index (χ3n) is 6.10. The molecule has 176 valence electrons. The van der Waals surface area contributed by atoms with Crippen molar-refractivity contribution in [3.8, 4) is 0 Å². The van der Waals surface area contributed by atoms with Crippen LogP contribution in [0.25, 0.3) is 0 Å². The fourth-order valence-corrected chi connectivity index (χ4v) is 5.95. The summed E-state index contributed by atoms with van der Waals surface area (Å²) >= 11 is 0. The molecule has 2 aliphatic heterocycles. The fraction of sp³-hybridized carbons (Fsp3) is 0.591. The van der Waals surface area contributed by atoms with Crippen LogP contribution in [0, 0.1) is 0 Å². The molecule has 1 aromatic carbocycles. The molecule has 10 heteroatoms. The smallest absolute Gasteiger partial charge is 0.243 e. The molecule has 1 saturated heterocycles. The Morgan fingerprint density at radius 1 is 1.22 bits per heavy atom. The maximum atomic E-state index is 12.9. The van der Waals surface area contributed by atoms with E-state index in [1.165, 1.54) is 22.2 Å². The Morgan fingerprint density at radius 3 is 2.53 bits per heavy atom. The van der Waals surface area contributed by atoms with Crippen molar-refractivity contribution in [2.45, 2.75) is 57.4 Å². The molecule has 9 nitrogen and oxygen atoms in total. The number of anilines is 1. The highest BCUT2D eigenvalue weighted by molar-refractivity contribution is 7.89. The van der Waals surface area contributed by atoms with Crippen molar-refractivity contribution in [2.24, 2.45) is 0 Å². The summed E-state index contributed by atoms with van der Waals surface area (Å²) in [6.07, 6.45) is 2.37. The number of nitrogens with one attached hydrogen (secondary N) is 1. The Kier molecular flexibility index (Phi) is 7.55. The predicted molar refractivity (Wildman–Crippen MR) is 121 cm³/mol. The van der Waals surface area contributed by atoms with E-state index in [0.29, 0.717) is 50.3 Å². The second-order valence-electron chi connectivity index (χ2n) is 8.12. The molecule has 0 spiro atoms. The van der Waals surface area contributed by atoms with Crippen molar-refractivity contribution < 1.29 is 22.8 Å². The lowest BCUT2D eigenvalue weighted by molar-refractivity contribution is -0.127. The highest BCUT2D eigenvalue weighted by Crippen LogP contribution is 2.34. The summed E-state index contributed by atoms with van der Waals surface area (Å²) in [5, 5.41) is 2.87. The summed E-state index contributed by atoms with van der Waals surface area (Å²) in [4.78, 5) is 40.3. The molecule has 32 heavy (non-hydrogen) atoms. The molecule has 0 saturated carbocycles. The summed E-state index contributed by atoms with van der Waals surface area (Å²) in [6, 6.07) is 3.96. The van der Waals surface area contributed by atoms with E-state index >= 15 is 0 Å². The number of fused-ring (bicyclic) bond motifs is 1. The number of amides is 3. The Hall–Kier alpha value is -2.46. The molecule has 1 unspecified atom stereocenters. The molecule has 3 amide bonds. The van der Waals surface area contributed by atoms with E-state index in [9.17, 15) is 22.8 Å². The largest absolute Gasteiger partial charge is 0.354 e. The number of carbonyl (C=O) groups is 3. The third kappa shape index (κ3) is 4.80. The van der Waals surface area contributed by atoms with Crippen molar-refractivity contribution in [2.75, 3.05) is 37.6 Å². The number of sulfonamides is 1. The highest BCUT2D eigenvalue weighted by Gasteiger charge is 2.38. The van der Waals surface area contributed by atoms with Crippen molar-refractivity contribution in [1.82, 2.24) is 14.5 Å². The topological polar surface area (TPSA) is 107 Å². The van der Waals surface area contributed by atoms with Gasteiger partial charge in [-0.05, 0) is 36.6 Å². The number of benzene rings is 1. The molecule has 0 aromatic heterocycles. The number of hydrogen-bond acceptors (Lipinski definition) is 5. The molecule has 2 heterocycles. The van der Waals surface area contributed by atoms with Crippen molar-refractivity contribution in [1.29, 1.82) is 0 Å². The molecule has 3 rings (SSSR count). The van der Waals surface area contributed by atoms with Gasteiger partial charge in [-0.1, -0.05) is 13.8 Å². The van der Waals surface area contributed by atoms with Gasteiger partial charge in [0.1, 0.15) is 6.04 Å². The lowest BCUT2D eigenvalue weighted by atomic mass is 10.1. The van der Waals surface area contributed by atoms with E-state index in [4.69, 9.17) is 0 Å². The van der Waals surface area contributed by atoms with Gasteiger partial charge in [0.05, 0.1) is 4.90 Å². The van der Waals surface area contributed by atoms with Crippen molar-refractivity contribution >= 4 is 33.4 Å². The Labute approximate surface area is 189 Å². The molecule has 1 atom stereocenters. The van der Waals surface area contributed by atoms with Crippen LogP contribution in [-0.4, -0.2) is 74.1 Å². The van der Waals surface area contributed by atoms with E-state index in [1.54, 1.807) is 30.9 Å². The molecule has 0 radical (unpaired) electrons. The monoisotopic (exact) mass is 464 g/mol. The zero-order valence-electron chi connectivity index (χ0n) is 19.0. The maximum Gasteiger partial charge on any atom is 0.243 e. The zero-order chi connectivity index (χ0) is 23.5. The van der Waals surface area contributed by atoms with E-state index in [2.05, 4.69) is 5.32 Å². The lowest BCUT2D eigenvalue weighted by Crippen LogP contribution is -2.47. The van der Waals surface area contributed by atoms with Gasteiger partial charge < -0.3 is 10.2 Å². The quantitative estimate of drug-likeness (QED) is 0.551. The molecule has 1 fully saturated rings. The van der Waals surface area contributed by atoms with Crippen LogP contribution in [0.5, 0.6) is 0 Å². The van der Waals surface area contributed by atoms with Crippen molar-refractivity contribution in [3.63, 3.8) is 0 Å². The molecule has 0 aliphatic carbocycles. The number of hydrogen-bond donors (Lipinski definition) is 1. The second-order valence-corrected chi connectivity index (χ2v) is 10.1. The van der Waals surface area contributed by atoms with Crippen LogP contribution in [-0.2, 0) is 30.8 Å². The minimum atomic E-state index is -3.63. The average Bonchev–Trinajstić information content (AvgIpc) is 3.34. The standard InChI is InChI=1S/C22H32N4O5S/c1-4-25(5-2)32(30,31)18-9-10-19-17(14-18)15-20(26(19)16(3)27)22(29)23-11-7-13-24-12-6-8-21(24)28/h9-10,14,20H,4-8,11-13,15H2,1-3H3,(H,23,29). The summed E-state index contributed by atoms with van der Waals surface area (Å²) in [6.45, 7) is 7.47. The first-order valence-electron chi connectivity index (χ1n) is 11.2. The SMILES string of the molecule is CCN(CC)S(=O)(=O)c1ccc2c(c1)CC(C(=O)NCCCN1CCCC1=O)N2C(C)=O. The first kappa shape index (κ1) is 24.2. The van der Waals surface area contributed by atoms with Crippen molar-refractivity contribution in [3.05, 3.63) is 23.8 Å². The fourth-order valence-electron chi connectivity index (χ4n) is 4.44. The van der Waals surface area contributed by atoms with Gasteiger partial charge in [-0.3, -0.25) is 19.3 Å². The lowest BCUT2D eigenvalue weighted by Gasteiger charge is -2.24. The van der Waals surface area contributed by atoms with E-state index in [0.717, 1.165) is 13.0 Å². The first-order valence-corrected chi connectivity index (χ1v) is 12.6. The van der Waals surface area contributed by atoms with Gasteiger partial charge in [0.25, 0.3) is 0 Å². The van der Waals surface area contributed by atoms with Crippen LogP contribution in [0.3, 0.4) is 0 Å². The minimum Gasteiger partial charge on any atom is -0.354 e. The van der Waals surface area contributed by atoms with Gasteiger partial charge in [0.15, 0.2) is 0 Å². The molecule has 1 aromatic rings. The molecular weight excluding hydrogens is 432 g/mol. The van der Waals surface area contributed by atoms with Gasteiger partial charge in [0.2, 0.25) is 27.7 Å². The van der Waals surface area contributed by atoms with E-state index in [1.807, 2.05) is 0 Å². The van der Waals surface area contributed by atoms with Gasteiger partial charge in [-0.15, -0.1) is 0 Å². The summed E-state index contributed by atoms with van der Waals surface area (Å²) in [5.74, 6) is -0.399. The van der Waals surface area contributed by atoms with Gasteiger partial charge in [-0.2, -0.15) is 4.31 Å². The van der Waals surface area contributed by atoms with Crippen LogP contribution >= 0.6 is 0 Å². The van der Waals surface area contributed by atoms with Gasteiger partial charge in [0, 0.05) is 58.2 Å². The number of nitrogens with zero attached hydrogens (tertiary/aromatic N) is 3. The molecule has 1 N–H and O–H groups in total. The van der Waals surface area contributed by atoms with Crippen LogP contribution in [0.4, 0.5) is 5.69 Å². The highest BCUT2D eigenvalue weighted by atomic mass is 32.2. The van der Waals surface area contributed by atoms with Gasteiger partial charge >= 0.3 is 0 Å². The second kappa shape index (κ2) is 9.99. The first-order chi connectivity index (χ1) is 15.2. The number of rotatable bonds is 9. The summed E-state index contributed by atoms with van der Waals surface area (Å²) < 4.78 is 27.1. The predicted octanol–water partition coefficient (Wildman–Crippen LogP) is 1.12. The Morgan fingerprint density at radius 2 is 1.94 bits per heavy atom. The van der Waals surface area contributed by atoms with Crippen LogP contribution in [0.1, 0.15) is 45.6 Å². The Bertz CT molecular complexity index is 990. The van der Waals surface area contributed by atoms with E-state index in [-0.39, 0.29) is 29.0 Å². The molecule has 0 bridgehead atoms. The zero-order valence-corrected chi connectivity index (χ0v) is 19.8. The summed E-state index contributed by atoms with van der Waals surface area (Å²) in [7, 11) is -3.63. The van der Waals surface area contributed by atoms with Gasteiger partial charge in [-0.25, -0.2) is 8.42 Å². The average molecular weight is 465 g/mol. The summed E-state index contributed by atoms with van der Waals surface area (Å²) in [5.41, 5.74) is 1.23. The van der Waals surface area contributed by atoms with Crippen LogP contribution < -0.4 is 10.2 Å². The number of carbonyl (C=O) groups excluding carboxylic acids is 3. The molecule has 2 aliphatic rings. The normalized spacial score (nSPS) is 18.4. The minimum absolute atomic E-state index is 0.154. The number of likely N-dealkylation sites (tertiary alicyclic amines) is 1. The molecular formula is C22H32N4O5S. The third-order valence-corrected chi connectivity index (χ3v) is 8.14. The van der Waals surface area contributed by atoms with Crippen LogP contribution in [0.2, 0.25) is 0 Å². The van der Waals surface area contributed by atoms with E-state index < -0.39 is 16.1 Å². The van der Waals surface area contributed by atoms with Crippen LogP contribution in [0.15, 0.2) is 23.1 Å². The maximum absolute atomic E-state index is 12.9.